The molecule has 116 valence electrons. The number of hydrogen-bond acceptors (Lipinski definition) is 2. The van der Waals surface area contributed by atoms with Crippen LogP contribution in [0.3, 0.4) is 0 Å². The van der Waals surface area contributed by atoms with Gasteiger partial charge in [-0.3, -0.25) is 0 Å². The van der Waals surface area contributed by atoms with Gasteiger partial charge in [0.1, 0.15) is 0 Å². The zero-order chi connectivity index (χ0) is 15.7. The molecule has 2 aromatic rings. The molecule has 22 heavy (non-hydrogen) atoms. The quantitative estimate of drug-likeness (QED) is 0.874. The lowest BCUT2D eigenvalue weighted by Gasteiger charge is -2.50. The number of hydrogen-bond donors (Lipinski definition) is 2. The average molecular weight is 295 g/mol. The van der Waals surface area contributed by atoms with Crippen LogP contribution < -0.4 is 5.32 Å². The van der Waals surface area contributed by atoms with Crippen molar-refractivity contribution in [3.8, 4) is 0 Å². The first-order chi connectivity index (χ1) is 10.5. The molecule has 0 saturated carbocycles. The predicted octanol–water partition coefficient (Wildman–Crippen LogP) is 4.10. The van der Waals surface area contributed by atoms with E-state index in [9.17, 15) is 5.11 Å². The van der Waals surface area contributed by atoms with Crippen molar-refractivity contribution in [2.75, 3.05) is 0 Å². The van der Waals surface area contributed by atoms with E-state index in [4.69, 9.17) is 0 Å². The second-order valence-electron chi connectivity index (χ2n) is 6.75. The van der Waals surface area contributed by atoms with Crippen molar-refractivity contribution in [2.45, 2.75) is 38.5 Å². The number of aliphatic hydroxyl groups is 1. The molecular formula is C20H25NO. The van der Waals surface area contributed by atoms with E-state index in [0.717, 1.165) is 0 Å². The monoisotopic (exact) mass is 295 g/mol. The van der Waals surface area contributed by atoms with Gasteiger partial charge >= 0.3 is 0 Å². The normalized spacial score (nSPS) is 35.3. The Labute approximate surface area is 133 Å². The summed E-state index contributed by atoms with van der Waals surface area (Å²) >= 11 is 0. The third-order valence-corrected chi connectivity index (χ3v) is 5.52. The van der Waals surface area contributed by atoms with E-state index >= 15 is 0 Å². The van der Waals surface area contributed by atoms with Gasteiger partial charge in [-0.1, -0.05) is 74.5 Å². The molecule has 0 radical (unpaired) electrons. The summed E-state index contributed by atoms with van der Waals surface area (Å²) in [5.41, 5.74) is 1.76. The SMILES string of the molecule is CC1C(c2ccccc2)NC(c2ccccc2)C(C)C1(C)O. The van der Waals surface area contributed by atoms with Gasteiger partial charge < -0.3 is 10.4 Å². The largest absolute Gasteiger partial charge is 0.389 e. The lowest BCUT2D eigenvalue weighted by molar-refractivity contribution is -0.0960. The molecule has 3 rings (SSSR count). The molecule has 1 aliphatic heterocycles. The van der Waals surface area contributed by atoms with Crippen LogP contribution in [0.5, 0.6) is 0 Å². The van der Waals surface area contributed by atoms with E-state index in [1.54, 1.807) is 0 Å². The van der Waals surface area contributed by atoms with Crippen molar-refractivity contribution in [3.63, 3.8) is 0 Å². The molecule has 2 nitrogen and oxygen atoms in total. The summed E-state index contributed by atoms with van der Waals surface area (Å²) in [5.74, 6) is 0.287. The first-order valence-electron chi connectivity index (χ1n) is 8.10. The maximum absolute atomic E-state index is 11.1. The van der Waals surface area contributed by atoms with E-state index in [2.05, 4.69) is 67.7 Å². The molecule has 1 heterocycles. The van der Waals surface area contributed by atoms with E-state index in [-0.39, 0.29) is 23.9 Å². The summed E-state index contributed by atoms with van der Waals surface area (Å²) in [4.78, 5) is 0. The Balaban J connectivity index is 1.99. The van der Waals surface area contributed by atoms with E-state index in [0.29, 0.717) is 0 Å². The number of rotatable bonds is 2. The predicted molar refractivity (Wildman–Crippen MR) is 90.5 cm³/mol. The summed E-state index contributed by atoms with van der Waals surface area (Å²) in [6.07, 6.45) is 0. The van der Waals surface area contributed by atoms with Crippen LogP contribution in [0.1, 0.15) is 44.0 Å². The molecular weight excluding hydrogens is 270 g/mol. The molecule has 4 atom stereocenters. The van der Waals surface area contributed by atoms with Crippen LogP contribution in [0.4, 0.5) is 0 Å². The van der Waals surface area contributed by atoms with Crippen LogP contribution in [0.15, 0.2) is 60.7 Å². The zero-order valence-electron chi connectivity index (χ0n) is 13.5. The number of benzene rings is 2. The molecule has 0 spiro atoms. The fourth-order valence-electron chi connectivity index (χ4n) is 3.66. The van der Waals surface area contributed by atoms with Gasteiger partial charge in [0, 0.05) is 23.9 Å². The van der Waals surface area contributed by atoms with Crippen molar-refractivity contribution < 1.29 is 5.11 Å². The Hall–Kier alpha value is -1.64. The highest BCUT2D eigenvalue weighted by Crippen LogP contribution is 2.46. The molecule has 0 bridgehead atoms. The standard InChI is InChI=1S/C20H25NO/c1-14-18(16-10-6-4-7-11-16)21-19(15(2)20(14,3)22)17-12-8-5-9-13-17/h4-15,18-19,21-22H,1-3H3. The minimum Gasteiger partial charge on any atom is -0.389 e. The van der Waals surface area contributed by atoms with Crippen molar-refractivity contribution in [1.82, 2.24) is 5.32 Å². The fourth-order valence-corrected chi connectivity index (χ4v) is 3.66. The minimum atomic E-state index is -0.716. The second-order valence-corrected chi connectivity index (χ2v) is 6.75. The highest BCUT2D eigenvalue weighted by atomic mass is 16.3. The smallest absolute Gasteiger partial charge is 0.0706 e. The Morgan fingerprint density at radius 2 is 1.14 bits per heavy atom. The van der Waals surface area contributed by atoms with Gasteiger partial charge in [-0.25, -0.2) is 0 Å². The van der Waals surface area contributed by atoms with Gasteiger partial charge in [-0.15, -0.1) is 0 Å². The number of nitrogens with one attached hydrogen (secondary N) is 1. The molecule has 0 aliphatic carbocycles. The van der Waals surface area contributed by atoms with Crippen LogP contribution >= 0.6 is 0 Å². The first kappa shape index (κ1) is 15.3. The molecule has 2 heteroatoms. The lowest BCUT2D eigenvalue weighted by Crippen LogP contribution is -2.56. The van der Waals surface area contributed by atoms with Crippen LogP contribution in [0.25, 0.3) is 0 Å². The summed E-state index contributed by atoms with van der Waals surface area (Å²) in [7, 11) is 0. The molecule has 1 saturated heterocycles. The number of piperidine rings is 1. The highest BCUT2D eigenvalue weighted by molar-refractivity contribution is 5.27. The van der Waals surface area contributed by atoms with Gasteiger partial charge in [0.15, 0.2) is 0 Å². The van der Waals surface area contributed by atoms with Crippen LogP contribution in [-0.2, 0) is 0 Å². The van der Waals surface area contributed by atoms with Crippen LogP contribution in [0.2, 0.25) is 0 Å². The summed E-state index contributed by atoms with van der Waals surface area (Å²) in [6, 6.07) is 21.2. The van der Waals surface area contributed by atoms with E-state index in [1.165, 1.54) is 11.1 Å². The maximum Gasteiger partial charge on any atom is 0.0706 e. The van der Waals surface area contributed by atoms with Gasteiger partial charge in [0.25, 0.3) is 0 Å². The Kier molecular flexibility index (Phi) is 4.07. The molecule has 1 fully saturated rings. The van der Waals surface area contributed by atoms with Gasteiger partial charge in [-0.2, -0.15) is 0 Å². The third-order valence-electron chi connectivity index (χ3n) is 5.52. The summed E-state index contributed by atoms with van der Waals surface area (Å²) in [6.45, 7) is 6.26. The molecule has 4 unspecified atom stereocenters. The van der Waals surface area contributed by atoms with Gasteiger partial charge in [-0.05, 0) is 18.1 Å². The Morgan fingerprint density at radius 1 is 0.773 bits per heavy atom. The minimum absolute atomic E-state index is 0.143. The Morgan fingerprint density at radius 3 is 1.50 bits per heavy atom. The topological polar surface area (TPSA) is 32.3 Å². The lowest BCUT2D eigenvalue weighted by atomic mass is 9.67. The zero-order valence-corrected chi connectivity index (χ0v) is 13.5. The third kappa shape index (κ3) is 2.57. The summed E-state index contributed by atoms with van der Waals surface area (Å²) in [5, 5.41) is 14.9. The Bertz CT molecular complexity index is 555. The molecule has 1 aliphatic rings. The fraction of sp³-hybridized carbons (Fsp3) is 0.400. The van der Waals surface area contributed by atoms with Crippen molar-refractivity contribution >= 4 is 0 Å². The second kappa shape index (κ2) is 5.86. The van der Waals surface area contributed by atoms with Crippen molar-refractivity contribution in [1.29, 1.82) is 0 Å². The molecule has 2 aromatic carbocycles. The van der Waals surface area contributed by atoms with E-state index < -0.39 is 5.60 Å². The maximum atomic E-state index is 11.1. The highest BCUT2D eigenvalue weighted by Gasteiger charge is 2.48. The van der Waals surface area contributed by atoms with Crippen molar-refractivity contribution in [3.05, 3.63) is 71.8 Å². The summed E-state index contributed by atoms with van der Waals surface area (Å²) < 4.78 is 0. The first-order valence-corrected chi connectivity index (χ1v) is 8.10. The van der Waals surface area contributed by atoms with Crippen molar-refractivity contribution in [2.24, 2.45) is 11.8 Å². The molecule has 0 amide bonds. The molecule has 2 N–H and O–H groups in total. The van der Waals surface area contributed by atoms with Gasteiger partial charge in [0.05, 0.1) is 5.60 Å². The molecule has 0 aromatic heterocycles. The average Bonchev–Trinajstić information content (AvgIpc) is 2.55. The van der Waals surface area contributed by atoms with Crippen LogP contribution in [0, 0.1) is 11.8 Å². The van der Waals surface area contributed by atoms with E-state index in [1.807, 2.05) is 19.1 Å². The van der Waals surface area contributed by atoms with Crippen LogP contribution in [-0.4, -0.2) is 10.7 Å². The van der Waals surface area contributed by atoms with Gasteiger partial charge in [0.2, 0.25) is 0 Å².